The van der Waals surface area contributed by atoms with Crippen molar-refractivity contribution < 1.29 is 19.4 Å². The zero-order valence-corrected chi connectivity index (χ0v) is 13.5. The van der Waals surface area contributed by atoms with Gasteiger partial charge >= 0.3 is 0 Å². The minimum Gasteiger partial charge on any atom is -0.394 e. The molecule has 1 aromatic rings. The first-order chi connectivity index (χ1) is 11.2. The molecule has 0 radical (unpaired) electrons. The van der Waals surface area contributed by atoms with Crippen molar-refractivity contribution in [2.75, 3.05) is 57.5 Å². The van der Waals surface area contributed by atoms with Crippen LogP contribution in [0.5, 0.6) is 0 Å². The van der Waals surface area contributed by atoms with Crippen LogP contribution < -0.4 is 4.90 Å². The van der Waals surface area contributed by atoms with E-state index in [1.54, 1.807) is 4.90 Å². The van der Waals surface area contributed by atoms with Gasteiger partial charge in [0, 0.05) is 37.4 Å². The fourth-order valence-electron chi connectivity index (χ4n) is 3.08. The van der Waals surface area contributed by atoms with E-state index in [1.165, 1.54) is 5.56 Å². The molecule has 0 saturated carbocycles. The summed E-state index contributed by atoms with van der Waals surface area (Å²) in [5, 5.41) is 9.23. The van der Waals surface area contributed by atoms with Gasteiger partial charge in [-0.15, -0.1) is 0 Å². The Balaban J connectivity index is 1.78. The van der Waals surface area contributed by atoms with Gasteiger partial charge in [-0.1, -0.05) is 6.07 Å². The molecule has 23 heavy (non-hydrogen) atoms. The predicted octanol–water partition coefficient (Wildman–Crippen LogP) is 0.665. The first-order valence-corrected chi connectivity index (χ1v) is 8.14. The van der Waals surface area contributed by atoms with Crippen molar-refractivity contribution in [1.82, 2.24) is 4.90 Å². The lowest BCUT2D eigenvalue weighted by molar-refractivity contribution is -0.0447. The Morgan fingerprint density at radius 1 is 1.26 bits per heavy atom. The Bertz CT molecular complexity index is 558. The molecule has 126 valence electrons. The normalized spacial score (nSPS) is 22.3. The summed E-state index contributed by atoms with van der Waals surface area (Å²) in [7, 11) is 0. The molecule has 2 aliphatic heterocycles. The molecular formula is C17H24N2O4. The first kappa shape index (κ1) is 16.2. The van der Waals surface area contributed by atoms with Crippen LogP contribution in [0.2, 0.25) is 0 Å². The van der Waals surface area contributed by atoms with Crippen LogP contribution in [0.3, 0.4) is 0 Å². The van der Waals surface area contributed by atoms with Gasteiger partial charge in [-0.3, -0.25) is 4.79 Å². The van der Waals surface area contributed by atoms with Crippen LogP contribution in [0.1, 0.15) is 15.9 Å². The molecule has 2 fully saturated rings. The van der Waals surface area contributed by atoms with Crippen LogP contribution in [0.15, 0.2) is 18.2 Å². The molecule has 2 saturated heterocycles. The van der Waals surface area contributed by atoms with Crippen molar-refractivity contribution in [3.63, 3.8) is 0 Å². The second-order valence-corrected chi connectivity index (χ2v) is 6.03. The molecule has 0 aromatic heterocycles. The lowest BCUT2D eigenvalue weighted by Crippen LogP contribution is -2.47. The highest BCUT2D eigenvalue weighted by Gasteiger charge is 2.25. The monoisotopic (exact) mass is 320 g/mol. The number of hydrogen-bond acceptors (Lipinski definition) is 5. The standard InChI is InChI=1S/C17H24N2O4/c1-13-2-3-14(10-16(13)18-4-7-22-8-5-18)17(21)19-6-9-23-15(11-19)12-20/h2-3,10,15,20H,4-9,11-12H2,1H3/t15-/m0/s1. The van der Waals surface area contributed by atoms with Gasteiger partial charge in [-0.05, 0) is 24.6 Å². The summed E-state index contributed by atoms with van der Waals surface area (Å²) in [4.78, 5) is 16.8. The van der Waals surface area contributed by atoms with Crippen LogP contribution in [-0.2, 0) is 9.47 Å². The highest BCUT2D eigenvalue weighted by atomic mass is 16.5. The Kier molecular flexibility index (Phi) is 5.15. The molecule has 1 amide bonds. The molecule has 1 atom stereocenters. The summed E-state index contributed by atoms with van der Waals surface area (Å²) in [5.41, 5.74) is 2.96. The number of aliphatic hydroxyl groups excluding tert-OH is 1. The number of anilines is 1. The number of rotatable bonds is 3. The number of hydrogen-bond donors (Lipinski definition) is 1. The van der Waals surface area contributed by atoms with E-state index in [2.05, 4.69) is 11.8 Å². The van der Waals surface area contributed by atoms with E-state index < -0.39 is 0 Å². The largest absolute Gasteiger partial charge is 0.394 e. The van der Waals surface area contributed by atoms with Gasteiger partial charge in [-0.25, -0.2) is 0 Å². The second kappa shape index (κ2) is 7.29. The third kappa shape index (κ3) is 3.65. The number of amides is 1. The van der Waals surface area contributed by atoms with Crippen LogP contribution >= 0.6 is 0 Å². The Morgan fingerprint density at radius 3 is 2.78 bits per heavy atom. The SMILES string of the molecule is Cc1ccc(C(=O)N2CCO[C@H](CO)C2)cc1N1CCOCC1. The summed E-state index contributed by atoms with van der Waals surface area (Å²) in [6.45, 7) is 6.63. The third-order valence-corrected chi connectivity index (χ3v) is 4.44. The van der Waals surface area contributed by atoms with E-state index >= 15 is 0 Å². The molecule has 0 unspecified atom stereocenters. The predicted molar refractivity (Wildman–Crippen MR) is 86.9 cm³/mol. The van der Waals surface area contributed by atoms with Crippen molar-refractivity contribution >= 4 is 11.6 Å². The molecule has 0 aliphatic carbocycles. The van der Waals surface area contributed by atoms with Crippen LogP contribution in [0.4, 0.5) is 5.69 Å². The molecule has 6 heteroatoms. The number of carbonyl (C=O) groups excluding carboxylic acids is 1. The molecule has 6 nitrogen and oxygen atoms in total. The van der Waals surface area contributed by atoms with Gasteiger partial charge in [0.15, 0.2) is 0 Å². The number of ether oxygens (including phenoxy) is 2. The van der Waals surface area contributed by atoms with Crippen LogP contribution in [0, 0.1) is 6.92 Å². The van der Waals surface area contributed by atoms with E-state index in [0.717, 1.165) is 32.0 Å². The number of benzene rings is 1. The molecule has 3 rings (SSSR count). The highest BCUT2D eigenvalue weighted by molar-refractivity contribution is 5.95. The summed E-state index contributed by atoms with van der Waals surface area (Å²) < 4.78 is 10.8. The van der Waals surface area contributed by atoms with Gasteiger partial charge in [0.2, 0.25) is 0 Å². The summed E-state index contributed by atoms with van der Waals surface area (Å²) >= 11 is 0. The smallest absolute Gasteiger partial charge is 0.254 e. The second-order valence-electron chi connectivity index (χ2n) is 6.03. The summed E-state index contributed by atoms with van der Waals surface area (Å²) in [5.74, 6) is 0.00117. The van der Waals surface area contributed by atoms with Gasteiger partial charge in [0.1, 0.15) is 0 Å². The van der Waals surface area contributed by atoms with Gasteiger partial charge in [-0.2, -0.15) is 0 Å². The van der Waals surface area contributed by atoms with Crippen LogP contribution in [0.25, 0.3) is 0 Å². The van der Waals surface area contributed by atoms with Crippen molar-refractivity contribution in [2.24, 2.45) is 0 Å². The number of aliphatic hydroxyl groups is 1. The Labute approximate surface area is 136 Å². The molecule has 0 bridgehead atoms. The topological polar surface area (TPSA) is 62.2 Å². The fourth-order valence-corrected chi connectivity index (χ4v) is 3.08. The van der Waals surface area contributed by atoms with Crippen molar-refractivity contribution in [3.05, 3.63) is 29.3 Å². The quantitative estimate of drug-likeness (QED) is 0.887. The fraction of sp³-hybridized carbons (Fsp3) is 0.588. The van der Waals surface area contributed by atoms with Gasteiger partial charge in [0.25, 0.3) is 5.91 Å². The third-order valence-electron chi connectivity index (χ3n) is 4.44. The average molecular weight is 320 g/mol. The average Bonchev–Trinajstić information content (AvgIpc) is 2.62. The van der Waals surface area contributed by atoms with Crippen molar-refractivity contribution in [2.45, 2.75) is 13.0 Å². The molecule has 1 aromatic carbocycles. The zero-order valence-electron chi connectivity index (χ0n) is 13.5. The summed E-state index contributed by atoms with van der Waals surface area (Å²) in [6, 6.07) is 5.86. The Hall–Kier alpha value is -1.63. The number of morpholine rings is 2. The number of aryl methyl sites for hydroxylation is 1. The van der Waals surface area contributed by atoms with Gasteiger partial charge < -0.3 is 24.4 Å². The molecule has 0 spiro atoms. The lowest BCUT2D eigenvalue weighted by Gasteiger charge is -2.33. The van der Waals surface area contributed by atoms with Crippen molar-refractivity contribution in [3.8, 4) is 0 Å². The maximum atomic E-state index is 12.8. The Morgan fingerprint density at radius 2 is 2.04 bits per heavy atom. The van der Waals surface area contributed by atoms with Crippen molar-refractivity contribution in [1.29, 1.82) is 0 Å². The van der Waals surface area contributed by atoms with E-state index in [4.69, 9.17) is 9.47 Å². The van der Waals surface area contributed by atoms with Gasteiger partial charge in [0.05, 0.1) is 32.5 Å². The minimum absolute atomic E-state index is 0.00117. The maximum absolute atomic E-state index is 12.8. The van der Waals surface area contributed by atoms with E-state index in [1.807, 2.05) is 18.2 Å². The van der Waals surface area contributed by atoms with E-state index in [0.29, 0.717) is 25.3 Å². The number of carbonyl (C=O) groups is 1. The lowest BCUT2D eigenvalue weighted by atomic mass is 10.1. The van der Waals surface area contributed by atoms with E-state index in [9.17, 15) is 9.90 Å². The first-order valence-electron chi connectivity index (χ1n) is 8.14. The van der Waals surface area contributed by atoms with E-state index in [-0.39, 0.29) is 18.6 Å². The van der Waals surface area contributed by atoms with Crippen LogP contribution in [-0.4, -0.2) is 74.6 Å². The molecule has 2 heterocycles. The minimum atomic E-state index is -0.281. The maximum Gasteiger partial charge on any atom is 0.254 e. The zero-order chi connectivity index (χ0) is 16.2. The summed E-state index contributed by atoms with van der Waals surface area (Å²) in [6.07, 6.45) is -0.281. The number of nitrogens with zero attached hydrogens (tertiary/aromatic N) is 2. The molecule has 2 aliphatic rings. The molecule has 1 N–H and O–H groups in total. The highest BCUT2D eigenvalue weighted by Crippen LogP contribution is 2.24. The molecular weight excluding hydrogens is 296 g/mol.